The second-order valence-corrected chi connectivity index (χ2v) is 7.23. The topological polar surface area (TPSA) is 45.7 Å². The number of anilines is 1. The number of benzene rings is 2. The van der Waals surface area contributed by atoms with Gasteiger partial charge in [-0.25, -0.2) is 4.98 Å². The minimum Gasteiger partial charge on any atom is -0.489 e. The van der Waals surface area contributed by atoms with E-state index in [9.17, 15) is 4.79 Å². The van der Waals surface area contributed by atoms with Gasteiger partial charge in [-0.3, -0.25) is 4.79 Å². The van der Waals surface area contributed by atoms with Crippen molar-refractivity contribution < 1.29 is 9.53 Å². The Labute approximate surface area is 162 Å². The van der Waals surface area contributed by atoms with Crippen LogP contribution >= 0.6 is 11.3 Å². The number of rotatable bonds is 5. The second kappa shape index (κ2) is 8.22. The van der Waals surface area contributed by atoms with Gasteiger partial charge in [0.05, 0.1) is 0 Å². The number of thiazole rings is 1. The van der Waals surface area contributed by atoms with Gasteiger partial charge in [-0.1, -0.05) is 36.4 Å². The van der Waals surface area contributed by atoms with Crippen molar-refractivity contribution in [3.05, 3.63) is 77.3 Å². The summed E-state index contributed by atoms with van der Waals surface area (Å²) in [6, 6.07) is 17.4. The molecule has 6 heteroatoms. The fraction of sp³-hybridized carbons (Fsp3) is 0.238. The number of hydrogen-bond acceptors (Lipinski definition) is 5. The highest BCUT2D eigenvalue weighted by molar-refractivity contribution is 7.13. The van der Waals surface area contributed by atoms with Gasteiger partial charge in [0.1, 0.15) is 12.4 Å². The first-order valence-corrected chi connectivity index (χ1v) is 9.89. The van der Waals surface area contributed by atoms with Gasteiger partial charge in [-0.2, -0.15) is 0 Å². The van der Waals surface area contributed by atoms with Crippen LogP contribution in [0.25, 0.3) is 0 Å². The number of carbonyl (C=O) groups excluding carboxylic acids is 1. The highest BCUT2D eigenvalue weighted by Gasteiger charge is 2.24. The molecule has 0 aliphatic carbocycles. The van der Waals surface area contributed by atoms with E-state index in [4.69, 9.17) is 4.74 Å². The van der Waals surface area contributed by atoms with Gasteiger partial charge in [-0.05, 0) is 18.2 Å². The summed E-state index contributed by atoms with van der Waals surface area (Å²) in [6.45, 7) is 3.40. The maximum absolute atomic E-state index is 13.1. The molecule has 0 unspecified atom stereocenters. The van der Waals surface area contributed by atoms with Gasteiger partial charge >= 0.3 is 0 Å². The average Bonchev–Trinajstić information content (AvgIpc) is 3.28. The molecular formula is C21H21N3O2S. The fourth-order valence-electron chi connectivity index (χ4n) is 3.18. The van der Waals surface area contributed by atoms with Gasteiger partial charge in [0, 0.05) is 48.9 Å². The number of nitrogens with zero attached hydrogens (tertiary/aromatic N) is 3. The molecule has 1 aliphatic rings. The zero-order valence-electron chi connectivity index (χ0n) is 15.0. The first-order chi connectivity index (χ1) is 13.3. The van der Waals surface area contributed by atoms with Gasteiger partial charge in [0.25, 0.3) is 5.91 Å². The van der Waals surface area contributed by atoms with E-state index in [1.54, 1.807) is 11.3 Å². The largest absolute Gasteiger partial charge is 0.489 e. The molecule has 4 rings (SSSR count). The van der Waals surface area contributed by atoms with Crippen molar-refractivity contribution in [3.8, 4) is 5.75 Å². The highest BCUT2D eigenvalue weighted by Crippen LogP contribution is 2.21. The number of ether oxygens (including phenoxy) is 1. The Bertz CT molecular complexity index is 875. The van der Waals surface area contributed by atoms with E-state index in [1.165, 1.54) is 0 Å². The Hall–Kier alpha value is -2.86. The van der Waals surface area contributed by atoms with Crippen LogP contribution in [-0.2, 0) is 6.61 Å². The van der Waals surface area contributed by atoms with Crippen LogP contribution in [0.1, 0.15) is 15.9 Å². The number of amides is 1. The lowest BCUT2D eigenvalue weighted by Crippen LogP contribution is -2.49. The molecule has 27 heavy (non-hydrogen) atoms. The molecule has 1 saturated heterocycles. The number of piperazine rings is 1. The summed E-state index contributed by atoms with van der Waals surface area (Å²) in [5.74, 6) is 0.873. The molecule has 3 aromatic rings. The zero-order valence-corrected chi connectivity index (χ0v) is 15.8. The van der Waals surface area contributed by atoms with E-state index in [1.807, 2.05) is 71.1 Å². The van der Waals surface area contributed by atoms with E-state index >= 15 is 0 Å². The van der Waals surface area contributed by atoms with Crippen LogP contribution in [0.5, 0.6) is 5.75 Å². The maximum Gasteiger partial charge on any atom is 0.254 e. The molecule has 1 amide bonds. The summed E-state index contributed by atoms with van der Waals surface area (Å²) in [7, 11) is 0. The van der Waals surface area contributed by atoms with Crippen LogP contribution in [-0.4, -0.2) is 42.0 Å². The average molecular weight is 379 g/mol. The van der Waals surface area contributed by atoms with Gasteiger partial charge in [0.2, 0.25) is 0 Å². The summed E-state index contributed by atoms with van der Waals surface area (Å²) in [5, 5.41) is 3.01. The Balaban J connectivity index is 1.42. The lowest BCUT2D eigenvalue weighted by molar-refractivity contribution is 0.0744. The van der Waals surface area contributed by atoms with Gasteiger partial charge in [0.15, 0.2) is 5.13 Å². The number of hydrogen-bond donors (Lipinski definition) is 0. The summed E-state index contributed by atoms with van der Waals surface area (Å²) in [4.78, 5) is 21.6. The maximum atomic E-state index is 13.1. The molecule has 0 bridgehead atoms. The SMILES string of the molecule is O=C(c1ccccc1COc1ccccc1)N1CCN(c2nccs2)CC1. The van der Waals surface area contributed by atoms with Crippen LogP contribution in [0, 0.1) is 0 Å². The van der Waals surface area contributed by atoms with Crippen LogP contribution < -0.4 is 9.64 Å². The first-order valence-electron chi connectivity index (χ1n) is 9.01. The van der Waals surface area contributed by atoms with Crippen molar-refractivity contribution in [2.45, 2.75) is 6.61 Å². The van der Waals surface area contributed by atoms with Crippen molar-refractivity contribution in [2.75, 3.05) is 31.1 Å². The zero-order chi connectivity index (χ0) is 18.5. The predicted molar refractivity (Wildman–Crippen MR) is 107 cm³/mol. The molecule has 1 aliphatic heterocycles. The van der Waals surface area contributed by atoms with Crippen molar-refractivity contribution >= 4 is 22.4 Å². The predicted octanol–water partition coefficient (Wildman–Crippen LogP) is 3.68. The summed E-state index contributed by atoms with van der Waals surface area (Å²) in [6.07, 6.45) is 1.82. The lowest BCUT2D eigenvalue weighted by atomic mass is 10.1. The third kappa shape index (κ3) is 4.11. The van der Waals surface area contributed by atoms with Crippen molar-refractivity contribution in [1.29, 1.82) is 0 Å². The smallest absolute Gasteiger partial charge is 0.254 e. The molecule has 2 aromatic carbocycles. The van der Waals surface area contributed by atoms with Crippen molar-refractivity contribution in [1.82, 2.24) is 9.88 Å². The third-order valence-corrected chi connectivity index (χ3v) is 5.47. The minimum absolute atomic E-state index is 0.0704. The molecule has 138 valence electrons. The molecule has 1 fully saturated rings. The second-order valence-electron chi connectivity index (χ2n) is 6.35. The quantitative estimate of drug-likeness (QED) is 0.678. The third-order valence-electron chi connectivity index (χ3n) is 4.64. The number of para-hydroxylation sites is 1. The normalized spacial score (nSPS) is 14.2. The molecule has 0 spiro atoms. The molecule has 1 aromatic heterocycles. The summed E-state index contributed by atoms with van der Waals surface area (Å²) < 4.78 is 5.85. The van der Waals surface area contributed by atoms with Gasteiger partial charge in [-0.15, -0.1) is 11.3 Å². The number of aromatic nitrogens is 1. The van der Waals surface area contributed by atoms with Crippen LogP contribution in [0.4, 0.5) is 5.13 Å². The highest BCUT2D eigenvalue weighted by atomic mass is 32.1. The van der Waals surface area contributed by atoms with Crippen LogP contribution in [0.3, 0.4) is 0 Å². The van der Waals surface area contributed by atoms with E-state index < -0.39 is 0 Å². The van der Waals surface area contributed by atoms with Crippen molar-refractivity contribution in [3.63, 3.8) is 0 Å². The van der Waals surface area contributed by atoms with Gasteiger partial charge < -0.3 is 14.5 Å². The van der Waals surface area contributed by atoms with E-state index in [0.29, 0.717) is 19.7 Å². The molecular weight excluding hydrogens is 358 g/mol. The minimum atomic E-state index is 0.0704. The van der Waals surface area contributed by atoms with E-state index in [-0.39, 0.29) is 5.91 Å². The Morgan fingerprint density at radius 3 is 2.48 bits per heavy atom. The van der Waals surface area contributed by atoms with Crippen LogP contribution in [0.15, 0.2) is 66.2 Å². The monoisotopic (exact) mass is 379 g/mol. The number of carbonyl (C=O) groups is 1. The molecule has 0 atom stereocenters. The Morgan fingerprint density at radius 1 is 1.00 bits per heavy atom. The standard InChI is InChI=1S/C21H21N3O2S/c25-20(23-11-13-24(14-12-23)21-22-10-15-27-21)19-9-5-4-6-17(19)16-26-18-7-2-1-3-8-18/h1-10,15H,11-14,16H2. The molecule has 2 heterocycles. The molecule has 0 N–H and O–H groups in total. The van der Waals surface area contributed by atoms with Crippen LogP contribution in [0.2, 0.25) is 0 Å². The van der Waals surface area contributed by atoms with Crippen molar-refractivity contribution in [2.24, 2.45) is 0 Å². The molecule has 0 radical (unpaired) electrons. The first kappa shape index (κ1) is 17.5. The Morgan fingerprint density at radius 2 is 1.74 bits per heavy atom. The summed E-state index contributed by atoms with van der Waals surface area (Å²) >= 11 is 1.64. The molecule has 0 saturated carbocycles. The summed E-state index contributed by atoms with van der Waals surface area (Å²) in [5.41, 5.74) is 1.63. The lowest BCUT2D eigenvalue weighted by Gasteiger charge is -2.34. The van der Waals surface area contributed by atoms with E-state index in [2.05, 4.69) is 9.88 Å². The fourth-order valence-corrected chi connectivity index (χ4v) is 3.87. The van der Waals surface area contributed by atoms with E-state index in [0.717, 1.165) is 35.1 Å². The molecule has 5 nitrogen and oxygen atoms in total. The Kier molecular flexibility index (Phi) is 5.34.